The highest BCUT2D eigenvalue weighted by Gasteiger charge is 2.11. The fraction of sp³-hybridized carbons (Fsp3) is 0.333. The zero-order valence-electron chi connectivity index (χ0n) is 7.67. The Labute approximate surface area is 90.3 Å². The molecule has 1 aromatic rings. The monoisotopic (exact) mass is 237 g/mol. The van der Waals surface area contributed by atoms with Crippen LogP contribution in [0.2, 0.25) is 5.02 Å². The third-order valence-electron chi connectivity index (χ3n) is 1.73. The summed E-state index contributed by atoms with van der Waals surface area (Å²) in [5.41, 5.74) is -0.0921. The molecule has 0 aliphatic heterocycles. The Bertz CT molecular complexity index is 326. The Morgan fingerprint density at radius 1 is 1.40 bits per heavy atom. The van der Waals surface area contributed by atoms with E-state index in [1.54, 1.807) is 0 Å². The number of halogens is 3. The second-order valence-corrected chi connectivity index (χ2v) is 3.37. The van der Waals surface area contributed by atoms with Gasteiger partial charge in [0.05, 0.1) is 23.4 Å². The van der Waals surface area contributed by atoms with Crippen LogP contribution in [-0.4, -0.2) is 29.5 Å². The van der Waals surface area contributed by atoms with Gasteiger partial charge in [0.1, 0.15) is 5.82 Å². The molecule has 0 saturated heterocycles. The lowest BCUT2D eigenvalue weighted by Gasteiger charge is -2.12. The van der Waals surface area contributed by atoms with Crippen molar-refractivity contribution < 1.29 is 19.0 Å². The van der Waals surface area contributed by atoms with Crippen LogP contribution >= 0.6 is 11.6 Å². The van der Waals surface area contributed by atoms with Gasteiger partial charge in [-0.1, -0.05) is 11.6 Å². The predicted molar refractivity (Wildman–Crippen MR) is 53.0 cm³/mol. The molecule has 15 heavy (non-hydrogen) atoms. The quantitative estimate of drug-likeness (QED) is 0.742. The topological polar surface area (TPSA) is 52.5 Å². The fourth-order valence-corrected chi connectivity index (χ4v) is 1.26. The van der Waals surface area contributed by atoms with Crippen LogP contribution in [-0.2, 0) is 0 Å². The molecule has 0 aliphatic carbocycles. The van der Waals surface area contributed by atoms with Crippen LogP contribution in [0.1, 0.15) is 0 Å². The van der Waals surface area contributed by atoms with Gasteiger partial charge >= 0.3 is 0 Å². The molecule has 6 heteroatoms. The molecule has 0 amide bonds. The SMILES string of the molecule is OC[C@@H](O)CNc1c(F)cc(F)cc1Cl. The Morgan fingerprint density at radius 3 is 2.60 bits per heavy atom. The van der Waals surface area contributed by atoms with Gasteiger partial charge in [-0.2, -0.15) is 0 Å². The average Bonchev–Trinajstić information content (AvgIpc) is 2.15. The fourth-order valence-electron chi connectivity index (χ4n) is 0.996. The number of benzene rings is 1. The van der Waals surface area contributed by atoms with E-state index >= 15 is 0 Å². The van der Waals surface area contributed by atoms with Gasteiger partial charge in [-0.3, -0.25) is 0 Å². The average molecular weight is 238 g/mol. The van der Waals surface area contributed by atoms with Crippen molar-refractivity contribution in [3.63, 3.8) is 0 Å². The van der Waals surface area contributed by atoms with E-state index in [1.165, 1.54) is 0 Å². The van der Waals surface area contributed by atoms with Crippen molar-refractivity contribution in [2.45, 2.75) is 6.10 Å². The van der Waals surface area contributed by atoms with Gasteiger partial charge in [-0.25, -0.2) is 8.78 Å². The second-order valence-electron chi connectivity index (χ2n) is 2.96. The van der Waals surface area contributed by atoms with E-state index in [9.17, 15) is 8.78 Å². The van der Waals surface area contributed by atoms with Gasteiger partial charge in [0.15, 0.2) is 5.82 Å². The molecule has 0 unspecified atom stereocenters. The number of nitrogens with one attached hydrogen (secondary N) is 1. The van der Waals surface area contributed by atoms with E-state index in [0.29, 0.717) is 6.07 Å². The zero-order valence-corrected chi connectivity index (χ0v) is 8.43. The standard InChI is InChI=1S/C9H10ClF2NO2/c10-7-1-5(11)2-8(12)9(7)13-3-6(15)4-14/h1-2,6,13-15H,3-4H2/t6-/m0/s1. The largest absolute Gasteiger partial charge is 0.394 e. The first-order chi connectivity index (χ1) is 7.04. The highest BCUT2D eigenvalue weighted by atomic mass is 35.5. The van der Waals surface area contributed by atoms with Crippen LogP contribution in [0.4, 0.5) is 14.5 Å². The molecule has 1 aromatic carbocycles. The Balaban J connectivity index is 2.77. The molecule has 0 spiro atoms. The minimum absolute atomic E-state index is 0.0707. The summed E-state index contributed by atoms with van der Waals surface area (Å²) in [6.45, 7) is -0.522. The van der Waals surface area contributed by atoms with Gasteiger partial charge in [0, 0.05) is 12.6 Å². The molecule has 84 valence electrons. The number of rotatable bonds is 4. The third-order valence-corrected chi connectivity index (χ3v) is 2.03. The molecular formula is C9H10ClF2NO2. The second kappa shape index (κ2) is 5.25. The number of aliphatic hydroxyl groups is 2. The van der Waals surface area contributed by atoms with E-state index in [1.807, 2.05) is 0 Å². The smallest absolute Gasteiger partial charge is 0.150 e. The lowest BCUT2D eigenvalue weighted by Crippen LogP contribution is -2.23. The van der Waals surface area contributed by atoms with E-state index in [-0.39, 0.29) is 17.3 Å². The van der Waals surface area contributed by atoms with Crippen molar-refractivity contribution in [2.24, 2.45) is 0 Å². The van der Waals surface area contributed by atoms with Crippen LogP contribution in [0.15, 0.2) is 12.1 Å². The minimum Gasteiger partial charge on any atom is -0.394 e. The maximum absolute atomic E-state index is 13.1. The van der Waals surface area contributed by atoms with Gasteiger partial charge in [0.25, 0.3) is 0 Å². The van der Waals surface area contributed by atoms with Crippen LogP contribution in [0.5, 0.6) is 0 Å². The molecule has 0 fully saturated rings. The predicted octanol–water partition coefficient (Wildman–Crippen LogP) is 1.38. The van der Waals surface area contributed by atoms with E-state index in [0.717, 1.165) is 6.07 Å². The van der Waals surface area contributed by atoms with Crippen molar-refractivity contribution in [2.75, 3.05) is 18.5 Å². The normalized spacial score (nSPS) is 12.6. The van der Waals surface area contributed by atoms with Crippen molar-refractivity contribution in [1.29, 1.82) is 0 Å². The highest BCUT2D eigenvalue weighted by molar-refractivity contribution is 6.33. The summed E-state index contributed by atoms with van der Waals surface area (Å²) in [5.74, 6) is -1.61. The summed E-state index contributed by atoms with van der Waals surface area (Å²) in [4.78, 5) is 0. The van der Waals surface area contributed by atoms with E-state index < -0.39 is 24.3 Å². The summed E-state index contributed by atoms with van der Waals surface area (Å²) in [6.07, 6.45) is -1.02. The molecule has 0 aromatic heterocycles. The molecule has 3 nitrogen and oxygen atoms in total. The highest BCUT2D eigenvalue weighted by Crippen LogP contribution is 2.26. The Hall–Kier alpha value is -0.910. The van der Waals surface area contributed by atoms with Crippen LogP contribution in [0.25, 0.3) is 0 Å². The third kappa shape index (κ3) is 3.30. The summed E-state index contributed by atoms with van der Waals surface area (Å²) in [7, 11) is 0. The molecule has 1 rings (SSSR count). The van der Waals surface area contributed by atoms with Gasteiger partial charge in [0.2, 0.25) is 0 Å². The number of anilines is 1. The van der Waals surface area contributed by atoms with Gasteiger partial charge < -0.3 is 15.5 Å². The van der Waals surface area contributed by atoms with Gasteiger partial charge in [-0.15, -0.1) is 0 Å². The minimum atomic E-state index is -1.02. The summed E-state index contributed by atoms with van der Waals surface area (Å²) >= 11 is 5.57. The first-order valence-corrected chi connectivity index (χ1v) is 4.59. The van der Waals surface area contributed by atoms with Crippen molar-refractivity contribution in [3.05, 3.63) is 28.8 Å². The van der Waals surface area contributed by atoms with Crippen LogP contribution < -0.4 is 5.32 Å². The van der Waals surface area contributed by atoms with E-state index in [2.05, 4.69) is 5.32 Å². The Morgan fingerprint density at radius 2 is 2.07 bits per heavy atom. The van der Waals surface area contributed by atoms with Crippen molar-refractivity contribution in [3.8, 4) is 0 Å². The van der Waals surface area contributed by atoms with Crippen molar-refractivity contribution >= 4 is 17.3 Å². The number of aliphatic hydroxyl groups excluding tert-OH is 2. The summed E-state index contributed by atoms with van der Waals surface area (Å²) in [6, 6.07) is 1.64. The molecule has 0 bridgehead atoms. The van der Waals surface area contributed by atoms with Crippen molar-refractivity contribution in [1.82, 2.24) is 0 Å². The molecule has 0 aliphatic rings. The molecule has 3 N–H and O–H groups in total. The lowest BCUT2D eigenvalue weighted by atomic mass is 10.2. The van der Waals surface area contributed by atoms with E-state index in [4.69, 9.17) is 21.8 Å². The molecular weight excluding hydrogens is 228 g/mol. The number of hydrogen-bond donors (Lipinski definition) is 3. The molecule has 0 saturated carbocycles. The summed E-state index contributed by atoms with van der Waals surface area (Å²) in [5, 5.41) is 19.9. The van der Waals surface area contributed by atoms with Crippen LogP contribution in [0.3, 0.4) is 0 Å². The van der Waals surface area contributed by atoms with Gasteiger partial charge in [-0.05, 0) is 6.07 Å². The lowest BCUT2D eigenvalue weighted by molar-refractivity contribution is 0.105. The first-order valence-electron chi connectivity index (χ1n) is 4.22. The maximum atomic E-state index is 13.1. The molecule has 1 atom stereocenters. The molecule has 0 heterocycles. The summed E-state index contributed by atoms with van der Waals surface area (Å²) < 4.78 is 25.8. The van der Waals surface area contributed by atoms with Crippen LogP contribution in [0, 0.1) is 11.6 Å². The number of hydrogen-bond acceptors (Lipinski definition) is 3. The zero-order chi connectivity index (χ0) is 11.4. The first kappa shape index (κ1) is 12.2. The maximum Gasteiger partial charge on any atom is 0.150 e. The molecule has 0 radical (unpaired) electrons. The Kier molecular flexibility index (Phi) is 4.26.